The molecule has 0 bridgehead atoms. The summed E-state index contributed by atoms with van der Waals surface area (Å²) in [5, 5.41) is 12.8. The number of hydrogen-bond acceptors (Lipinski definition) is 2. The third-order valence-corrected chi connectivity index (χ3v) is 4.47. The van der Waals surface area contributed by atoms with Crippen molar-refractivity contribution in [2.24, 2.45) is 5.92 Å². The van der Waals surface area contributed by atoms with Gasteiger partial charge in [-0.15, -0.1) is 0 Å². The Labute approximate surface area is 125 Å². The highest BCUT2D eigenvalue weighted by Crippen LogP contribution is 2.30. The summed E-state index contributed by atoms with van der Waals surface area (Å²) in [4.78, 5) is 0. The van der Waals surface area contributed by atoms with E-state index in [0.717, 1.165) is 12.3 Å². The first-order valence-electron chi connectivity index (χ1n) is 7.90. The maximum absolute atomic E-state index is 13.6. The van der Waals surface area contributed by atoms with E-state index < -0.39 is 11.6 Å². The molecule has 2 rings (SSSR count). The van der Waals surface area contributed by atoms with Crippen molar-refractivity contribution < 1.29 is 13.9 Å². The highest BCUT2D eigenvalue weighted by molar-refractivity contribution is 5.19. The van der Waals surface area contributed by atoms with Crippen LogP contribution in [0.4, 0.5) is 8.78 Å². The van der Waals surface area contributed by atoms with Gasteiger partial charge in [0, 0.05) is 17.6 Å². The number of aliphatic hydroxyl groups is 1. The molecular weight excluding hydrogens is 272 g/mol. The number of nitrogens with one attached hydrogen (secondary N) is 1. The first kappa shape index (κ1) is 16.4. The summed E-state index contributed by atoms with van der Waals surface area (Å²) in [5.74, 6) is -0.225. The van der Waals surface area contributed by atoms with E-state index in [1.54, 1.807) is 0 Å². The number of hydrogen-bond donors (Lipinski definition) is 2. The van der Waals surface area contributed by atoms with Crippen LogP contribution in [0.3, 0.4) is 0 Å². The number of halogens is 2. The monoisotopic (exact) mass is 297 g/mol. The molecule has 2 N–H and O–H groups in total. The third-order valence-electron chi connectivity index (χ3n) is 4.47. The van der Waals surface area contributed by atoms with Crippen LogP contribution in [-0.4, -0.2) is 23.8 Å². The van der Waals surface area contributed by atoms with E-state index >= 15 is 0 Å². The molecule has 0 spiro atoms. The molecule has 0 amide bonds. The van der Waals surface area contributed by atoms with Crippen LogP contribution in [0.2, 0.25) is 0 Å². The molecule has 2 atom stereocenters. The molecule has 0 aliphatic heterocycles. The Hall–Kier alpha value is -1.00. The van der Waals surface area contributed by atoms with Crippen molar-refractivity contribution in [2.45, 2.75) is 57.5 Å². The Morgan fingerprint density at radius 2 is 1.95 bits per heavy atom. The highest BCUT2D eigenvalue weighted by atomic mass is 19.1. The molecule has 1 fully saturated rings. The minimum atomic E-state index is -0.477. The second-order valence-corrected chi connectivity index (χ2v) is 6.22. The lowest BCUT2D eigenvalue weighted by Crippen LogP contribution is -2.41. The molecule has 118 valence electrons. The molecule has 1 aliphatic rings. The highest BCUT2D eigenvalue weighted by Gasteiger charge is 2.22. The van der Waals surface area contributed by atoms with Gasteiger partial charge in [-0.1, -0.05) is 25.3 Å². The van der Waals surface area contributed by atoms with E-state index in [1.165, 1.54) is 37.5 Å². The Morgan fingerprint density at radius 1 is 1.29 bits per heavy atom. The van der Waals surface area contributed by atoms with E-state index in [9.17, 15) is 13.9 Å². The third kappa shape index (κ3) is 4.75. The van der Waals surface area contributed by atoms with Gasteiger partial charge in [-0.05, 0) is 44.2 Å². The second kappa shape index (κ2) is 7.85. The van der Waals surface area contributed by atoms with Gasteiger partial charge in [0.2, 0.25) is 0 Å². The van der Waals surface area contributed by atoms with Gasteiger partial charge in [0.1, 0.15) is 11.6 Å². The van der Waals surface area contributed by atoms with Crippen LogP contribution in [0.15, 0.2) is 18.2 Å². The Morgan fingerprint density at radius 3 is 2.48 bits per heavy atom. The van der Waals surface area contributed by atoms with Crippen molar-refractivity contribution in [1.82, 2.24) is 5.32 Å². The molecule has 1 aliphatic carbocycles. The van der Waals surface area contributed by atoms with Crippen molar-refractivity contribution in [2.75, 3.05) is 6.61 Å². The molecule has 2 unspecified atom stereocenters. The van der Waals surface area contributed by atoms with Crippen LogP contribution in [0.25, 0.3) is 0 Å². The topological polar surface area (TPSA) is 32.3 Å². The van der Waals surface area contributed by atoms with Gasteiger partial charge in [-0.25, -0.2) is 8.78 Å². The maximum Gasteiger partial charge on any atom is 0.129 e. The average Bonchev–Trinajstić information content (AvgIpc) is 2.40. The second-order valence-electron chi connectivity index (χ2n) is 6.22. The predicted molar refractivity (Wildman–Crippen MR) is 80.1 cm³/mol. The molecule has 2 nitrogen and oxygen atoms in total. The van der Waals surface area contributed by atoms with Crippen molar-refractivity contribution in [1.29, 1.82) is 0 Å². The smallest absolute Gasteiger partial charge is 0.129 e. The van der Waals surface area contributed by atoms with Crippen molar-refractivity contribution in [3.63, 3.8) is 0 Å². The lowest BCUT2D eigenvalue weighted by Gasteiger charge is -2.31. The Bertz CT molecular complexity index is 428. The fourth-order valence-corrected chi connectivity index (χ4v) is 2.94. The molecule has 0 heterocycles. The first-order chi connectivity index (χ1) is 10.1. The lowest BCUT2D eigenvalue weighted by atomic mass is 9.81. The zero-order chi connectivity index (χ0) is 15.2. The number of rotatable bonds is 8. The maximum atomic E-state index is 13.6. The van der Waals surface area contributed by atoms with Crippen molar-refractivity contribution in [3.05, 3.63) is 35.4 Å². The molecule has 0 saturated heterocycles. The van der Waals surface area contributed by atoms with E-state index in [4.69, 9.17) is 0 Å². The van der Waals surface area contributed by atoms with Crippen LogP contribution in [0.1, 0.15) is 44.6 Å². The predicted octanol–water partition coefficient (Wildman–Crippen LogP) is 3.43. The van der Waals surface area contributed by atoms with Crippen molar-refractivity contribution >= 4 is 0 Å². The standard InChI is InChI=1S/C17H25F2NO/c1-12(20-14(11-21)10-13-4-2-5-13)8-9-15-16(18)6-3-7-17(15)19/h3,6-7,12-14,20-21H,2,4-5,8-11H2,1H3. The molecular formula is C17H25F2NO. The summed E-state index contributed by atoms with van der Waals surface area (Å²) < 4.78 is 27.1. The number of benzene rings is 1. The van der Waals surface area contributed by atoms with Crippen LogP contribution < -0.4 is 5.32 Å². The van der Waals surface area contributed by atoms with Gasteiger partial charge >= 0.3 is 0 Å². The van der Waals surface area contributed by atoms with Crippen LogP contribution in [0, 0.1) is 17.6 Å². The number of aliphatic hydroxyl groups excluding tert-OH is 1. The van der Waals surface area contributed by atoms with E-state index in [-0.39, 0.29) is 24.3 Å². The van der Waals surface area contributed by atoms with E-state index in [1.807, 2.05) is 6.92 Å². The van der Waals surface area contributed by atoms with Gasteiger partial charge in [0.05, 0.1) is 6.61 Å². The summed E-state index contributed by atoms with van der Waals surface area (Å²) in [5.41, 5.74) is 0.158. The first-order valence-corrected chi connectivity index (χ1v) is 7.90. The summed E-state index contributed by atoms with van der Waals surface area (Å²) in [6.45, 7) is 2.12. The minimum Gasteiger partial charge on any atom is -0.395 e. The SMILES string of the molecule is CC(CCc1c(F)cccc1F)NC(CO)CC1CCC1. The van der Waals surface area contributed by atoms with Crippen LogP contribution in [-0.2, 0) is 6.42 Å². The van der Waals surface area contributed by atoms with Gasteiger partial charge < -0.3 is 10.4 Å². The molecule has 4 heteroatoms. The van der Waals surface area contributed by atoms with Gasteiger partial charge in [-0.2, -0.15) is 0 Å². The zero-order valence-electron chi connectivity index (χ0n) is 12.6. The zero-order valence-corrected chi connectivity index (χ0v) is 12.6. The minimum absolute atomic E-state index is 0.0933. The normalized spacial score (nSPS) is 18.3. The molecule has 1 saturated carbocycles. The molecule has 21 heavy (non-hydrogen) atoms. The average molecular weight is 297 g/mol. The van der Waals surface area contributed by atoms with Gasteiger partial charge in [0.25, 0.3) is 0 Å². The summed E-state index contributed by atoms with van der Waals surface area (Å²) >= 11 is 0. The fraction of sp³-hybridized carbons (Fsp3) is 0.647. The Balaban J connectivity index is 1.79. The van der Waals surface area contributed by atoms with Crippen LogP contribution >= 0.6 is 0 Å². The quantitative estimate of drug-likeness (QED) is 0.770. The lowest BCUT2D eigenvalue weighted by molar-refractivity contribution is 0.180. The van der Waals surface area contributed by atoms with Crippen LogP contribution in [0.5, 0.6) is 0 Å². The largest absolute Gasteiger partial charge is 0.395 e. The molecule has 1 aromatic rings. The summed E-state index contributed by atoms with van der Waals surface area (Å²) in [6.07, 6.45) is 5.83. The molecule has 1 aromatic carbocycles. The summed E-state index contributed by atoms with van der Waals surface area (Å²) in [6, 6.07) is 4.20. The van der Waals surface area contributed by atoms with Gasteiger partial charge in [-0.3, -0.25) is 0 Å². The van der Waals surface area contributed by atoms with E-state index in [0.29, 0.717) is 12.8 Å². The van der Waals surface area contributed by atoms with E-state index in [2.05, 4.69) is 5.32 Å². The van der Waals surface area contributed by atoms with Gasteiger partial charge in [0.15, 0.2) is 0 Å². The van der Waals surface area contributed by atoms with Crippen molar-refractivity contribution in [3.8, 4) is 0 Å². The molecule has 0 radical (unpaired) electrons. The summed E-state index contributed by atoms with van der Waals surface area (Å²) in [7, 11) is 0. The molecule has 0 aromatic heterocycles. The fourth-order valence-electron chi connectivity index (χ4n) is 2.94. The Kier molecular flexibility index (Phi) is 6.12.